The van der Waals surface area contributed by atoms with E-state index in [-0.39, 0.29) is 11.7 Å². The molecule has 0 aliphatic rings. The minimum atomic E-state index is -0.0818. The number of carbonyl (C=O) groups is 1. The molecule has 0 atom stereocenters. The number of aromatic nitrogens is 3. The van der Waals surface area contributed by atoms with E-state index in [1.54, 1.807) is 0 Å². The highest BCUT2D eigenvalue weighted by Gasteiger charge is 2.12. The second kappa shape index (κ2) is 8.53. The van der Waals surface area contributed by atoms with Gasteiger partial charge < -0.3 is 14.6 Å². The van der Waals surface area contributed by atoms with Gasteiger partial charge in [0.25, 0.3) is 0 Å². The third kappa shape index (κ3) is 4.86. The number of aryl methyl sites for hydroxylation is 1. The lowest BCUT2D eigenvalue weighted by molar-refractivity contribution is -0.113. The quantitative estimate of drug-likeness (QED) is 0.647. The van der Waals surface area contributed by atoms with Gasteiger partial charge in [-0.05, 0) is 31.2 Å². The fraction of sp³-hybridized carbons (Fsp3) is 0.211. The Morgan fingerprint density at radius 1 is 1.12 bits per heavy atom. The third-order valence-electron chi connectivity index (χ3n) is 3.70. The Bertz CT molecular complexity index is 863. The van der Waals surface area contributed by atoms with E-state index in [1.807, 2.05) is 73.1 Å². The van der Waals surface area contributed by atoms with E-state index in [4.69, 9.17) is 4.74 Å². The lowest BCUT2D eigenvalue weighted by Crippen LogP contribution is -2.14. The smallest absolute Gasteiger partial charge is 0.234 e. The summed E-state index contributed by atoms with van der Waals surface area (Å²) in [5, 5.41) is 11.8. The molecule has 6 nitrogen and oxygen atoms in total. The molecule has 3 aromatic rings. The van der Waals surface area contributed by atoms with Crippen molar-refractivity contribution in [2.75, 3.05) is 11.1 Å². The Kier molecular flexibility index (Phi) is 5.91. The summed E-state index contributed by atoms with van der Waals surface area (Å²) in [7, 11) is 1.87. The fourth-order valence-electron chi connectivity index (χ4n) is 2.23. The largest absolute Gasteiger partial charge is 0.486 e. The number of amides is 1. The molecule has 0 spiro atoms. The number of nitrogens with one attached hydrogen (secondary N) is 1. The van der Waals surface area contributed by atoms with Crippen LogP contribution in [0, 0.1) is 6.92 Å². The predicted molar refractivity (Wildman–Crippen MR) is 102 cm³/mol. The topological polar surface area (TPSA) is 69.0 Å². The summed E-state index contributed by atoms with van der Waals surface area (Å²) in [5.74, 6) is 1.67. The first-order chi connectivity index (χ1) is 12.6. The van der Waals surface area contributed by atoms with Crippen LogP contribution >= 0.6 is 11.8 Å². The van der Waals surface area contributed by atoms with E-state index in [1.165, 1.54) is 17.3 Å². The zero-order valence-electron chi connectivity index (χ0n) is 14.7. The van der Waals surface area contributed by atoms with Gasteiger partial charge in [-0.2, -0.15) is 0 Å². The molecule has 26 heavy (non-hydrogen) atoms. The van der Waals surface area contributed by atoms with Crippen LogP contribution in [0.5, 0.6) is 5.75 Å². The maximum absolute atomic E-state index is 12.0. The first-order valence-corrected chi connectivity index (χ1v) is 9.16. The van der Waals surface area contributed by atoms with Crippen LogP contribution in [0.15, 0.2) is 59.8 Å². The SMILES string of the molecule is Cc1ccc(OCc2nnc(SCC(=O)Nc3ccccc3)n2C)cc1. The molecule has 1 heterocycles. The second-order valence-electron chi connectivity index (χ2n) is 5.76. The number of thioether (sulfide) groups is 1. The number of benzene rings is 2. The summed E-state index contributed by atoms with van der Waals surface area (Å²) in [6, 6.07) is 17.2. The predicted octanol–water partition coefficient (Wildman–Crippen LogP) is 3.43. The van der Waals surface area contributed by atoms with Gasteiger partial charge in [-0.25, -0.2) is 0 Å². The van der Waals surface area contributed by atoms with Crippen LogP contribution in [0.4, 0.5) is 5.69 Å². The Balaban J connectivity index is 1.51. The average Bonchev–Trinajstić information content (AvgIpc) is 3.00. The van der Waals surface area contributed by atoms with Crippen LogP contribution in [0.2, 0.25) is 0 Å². The van der Waals surface area contributed by atoms with Crippen molar-refractivity contribution in [2.45, 2.75) is 18.7 Å². The van der Waals surface area contributed by atoms with Crippen LogP contribution < -0.4 is 10.1 Å². The van der Waals surface area contributed by atoms with Gasteiger partial charge in [0.05, 0.1) is 5.75 Å². The summed E-state index contributed by atoms with van der Waals surface area (Å²) in [6.45, 7) is 2.35. The van der Waals surface area contributed by atoms with Gasteiger partial charge in [-0.1, -0.05) is 47.7 Å². The maximum atomic E-state index is 12.0. The van der Waals surface area contributed by atoms with Gasteiger partial charge in [0.15, 0.2) is 11.0 Å². The van der Waals surface area contributed by atoms with Gasteiger partial charge >= 0.3 is 0 Å². The number of rotatable bonds is 7. The highest BCUT2D eigenvalue weighted by Crippen LogP contribution is 2.18. The highest BCUT2D eigenvalue weighted by molar-refractivity contribution is 7.99. The van der Waals surface area contributed by atoms with E-state index in [0.717, 1.165) is 11.4 Å². The van der Waals surface area contributed by atoms with Crippen molar-refractivity contribution >= 4 is 23.4 Å². The molecule has 0 saturated carbocycles. The van der Waals surface area contributed by atoms with Crippen molar-refractivity contribution in [2.24, 2.45) is 7.05 Å². The van der Waals surface area contributed by atoms with Crippen LogP contribution in [0.1, 0.15) is 11.4 Å². The molecule has 0 saturated heterocycles. The van der Waals surface area contributed by atoms with Gasteiger partial charge in [0, 0.05) is 12.7 Å². The summed E-state index contributed by atoms with van der Waals surface area (Å²) >= 11 is 1.34. The van der Waals surface area contributed by atoms with E-state index < -0.39 is 0 Å². The molecule has 0 unspecified atom stereocenters. The monoisotopic (exact) mass is 368 g/mol. The van der Waals surface area contributed by atoms with Crippen LogP contribution in [0.3, 0.4) is 0 Å². The summed E-state index contributed by atoms with van der Waals surface area (Å²) in [4.78, 5) is 12.0. The summed E-state index contributed by atoms with van der Waals surface area (Å²) < 4.78 is 7.58. The number of para-hydroxylation sites is 1. The van der Waals surface area contributed by atoms with Gasteiger partial charge in [0.1, 0.15) is 12.4 Å². The Labute approximate surface area is 156 Å². The van der Waals surface area contributed by atoms with Crippen molar-refractivity contribution in [3.63, 3.8) is 0 Å². The number of ether oxygens (including phenoxy) is 1. The number of anilines is 1. The van der Waals surface area contributed by atoms with Crippen LogP contribution in [-0.4, -0.2) is 26.4 Å². The standard InChI is InChI=1S/C19H20N4O2S/c1-14-8-10-16(11-9-14)25-12-17-21-22-19(23(17)2)26-13-18(24)20-15-6-4-3-5-7-15/h3-11H,12-13H2,1-2H3,(H,20,24). The Morgan fingerprint density at radius 3 is 2.58 bits per heavy atom. The van der Waals surface area contributed by atoms with Crippen molar-refractivity contribution < 1.29 is 9.53 Å². The van der Waals surface area contributed by atoms with Crippen LogP contribution in [0.25, 0.3) is 0 Å². The Morgan fingerprint density at radius 2 is 1.85 bits per heavy atom. The maximum Gasteiger partial charge on any atom is 0.234 e. The number of hydrogen-bond donors (Lipinski definition) is 1. The minimum absolute atomic E-state index is 0.0818. The third-order valence-corrected chi connectivity index (χ3v) is 4.72. The lowest BCUT2D eigenvalue weighted by atomic mass is 10.2. The fourth-order valence-corrected chi connectivity index (χ4v) is 2.96. The van der Waals surface area contributed by atoms with Crippen molar-refractivity contribution in [3.05, 3.63) is 66.0 Å². The van der Waals surface area contributed by atoms with Gasteiger partial charge in [-0.3, -0.25) is 4.79 Å². The number of hydrogen-bond acceptors (Lipinski definition) is 5. The molecular weight excluding hydrogens is 348 g/mol. The molecule has 1 N–H and O–H groups in total. The second-order valence-corrected chi connectivity index (χ2v) is 6.70. The number of nitrogens with zero attached hydrogens (tertiary/aromatic N) is 3. The first kappa shape index (κ1) is 18.0. The molecule has 1 amide bonds. The molecule has 0 radical (unpaired) electrons. The minimum Gasteiger partial charge on any atom is -0.486 e. The molecule has 0 aliphatic heterocycles. The van der Waals surface area contributed by atoms with Crippen molar-refractivity contribution in [1.82, 2.24) is 14.8 Å². The van der Waals surface area contributed by atoms with Gasteiger partial charge in [0.2, 0.25) is 5.91 Å². The number of carbonyl (C=O) groups excluding carboxylic acids is 1. The first-order valence-electron chi connectivity index (χ1n) is 8.17. The zero-order chi connectivity index (χ0) is 18.4. The van der Waals surface area contributed by atoms with Crippen molar-refractivity contribution in [1.29, 1.82) is 0 Å². The molecule has 0 aliphatic carbocycles. The molecule has 0 fully saturated rings. The highest BCUT2D eigenvalue weighted by atomic mass is 32.2. The molecule has 2 aromatic carbocycles. The zero-order valence-corrected chi connectivity index (χ0v) is 15.5. The lowest BCUT2D eigenvalue weighted by Gasteiger charge is -2.07. The average molecular weight is 368 g/mol. The van der Waals surface area contributed by atoms with Gasteiger partial charge in [-0.15, -0.1) is 10.2 Å². The van der Waals surface area contributed by atoms with E-state index in [9.17, 15) is 4.79 Å². The molecule has 7 heteroatoms. The Hall–Kier alpha value is -2.80. The summed E-state index contributed by atoms with van der Waals surface area (Å²) in [6.07, 6.45) is 0. The van der Waals surface area contributed by atoms with E-state index in [2.05, 4.69) is 15.5 Å². The molecule has 134 valence electrons. The summed E-state index contributed by atoms with van der Waals surface area (Å²) in [5.41, 5.74) is 1.96. The van der Waals surface area contributed by atoms with Crippen LogP contribution in [-0.2, 0) is 18.4 Å². The molecule has 3 rings (SSSR count). The van der Waals surface area contributed by atoms with Crippen molar-refractivity contribution in [3.8, 4) is 5.75 Å². The molecule has 1 aromatic heterocycles. The molecular formula is C19H20N4O2S. The molecule has 0 bridgehead atoms. The normalized spacial score (nSPS) is 10.5. The van der Waals surface area contributed by atoms with E-state index in [0.29, 0.717) is 17.6 Å². The van der Waals surface area contributed by atoms with E-state index >= 15 is 0 Å².